The van der Waals surface area contributed by atoms with Crippen LogP contribution in [-0.2, 0) is 0 Å². The van der Waals surface area contributed by atoms with Gasteiger partial charge in [0, 0.05) is 0 Å². The topological polar surface area (TPSA) is 46.0 Å². The van der Waals surface area contributed by atoms with Gasteiger partial charge in [0.25, 0.3) is 0 Å². The maximum atomic E-state index is 11.0. The van der Waals surface area contributed by atoms with Gasteiger partial charge in [0.2, 0.25) is 0 Å². The predicted molar refractivity (Wildman–Crippen MR) is 62.7 cm³/mol. The molecule has 1 fully saturated rings. The first kappa shape index (κ1) is 9.97. The number of hydrogen-bond acceptors (Lipinski definition) is 2. The maximum absolute atomic E-state index is 11.0. The number of oxazole rings is 1. The average Bonchev–Trinajstić information content (AvgIpc) is 2.85. The smallest absolute Gasteiger partial charge is 0.408 e. The molecule has 3 nitrogen and oxygen atoms in total. The lowest BCUT2D eigenvalue weighted by Gasteiger charge is -2.08. The van der Waals surface area contributed by atoms with E-state index in [1.807, 2.05) is 18.2 Å². The summed E-state index contributed by atoms with van der Waals surface area (Å²) in [6.07, 6.45) is 1.18. The minimum absolute atomic E-state index is 0.0274. The molecule has 1 aromatic carbocycles. The second-order valence-electron chi connectivity index (χ2n) is 4.55. The second-order valence-corrected chi connectivity index (χ2v) is 5.02. The van der Waals surface area contributed by atoms with E-state index in [1.54, 1.807) is 0 Å². The first-order chi connectivity index (χ1) is 7.65. The molecule has 0 radical (unpaired) electrons. The van der Waals surface area contributed by atoms with Crippen LogP contribution in [0.5, 0.6) is 0 Å². The zero-order valence-electron chi connectivity index (χ0n) is 8.87. The zero-order chi connectivity index (χ0) is 11.3. The van der Waals surface area contributed by atoms with Gasteiger partial charge in [-0.25, -0.2) is 4.79 Å². The number of fused-ring (bicyclic) bond motifs is 1. The van der Waals surface area contributed by atoms with Crippen molar-refractivity contribution in [2.45, 2.75) is 18.7 Å². The predicted octanol–water partition coefficient (Wildman–Crippen LogP) is 3.06. The summed E-state index contributed by atoms with van der Waals surface area (Å²) in [5.41, 5.74) is 2.34. The number of nitrogens with one attached hydrogen (secondary N) is 1. The Labute approximate surface area is 97.4 Å². The number of hydrogen-bond donors (Lipinski definition) is 1. The van der Waals surface area contributed by atoms with E-state index in [0.717, 1.165) is 11.1 Å². The summed E-state index contributed by atoms with van der Waals surface area (Å²) in [6, 6.07) is 5.66. The SMILES string of the molecule is CC1CC1C(Cl)c1ccc2[nH]c(=O)oc2c1. The van der Waals surface area contributed by atoms with Gasteiger partial charge in [0.15, 0.2) is 5.58 Å². The van der Waals surface area contributed by atoms with Gasteiger partial charge in [-0.1, -0.05) is 13.0 Å². The van der Waals surface area contributed by atoms with Crippen LogP contribution in [0.15, 0.2) is 27.4 Å². The molecule has 16 heavy (non-hydrogen) atoms. The third kappa shape index (κ3) is 1.55. The van der Waals surface area contributed by atoms with Crippen molar-refractivity contribution < 1.29 is 4.42 Å². The van der Waals surface area contributed by atoms with Crippen LogP contribution in [0, 0.1) is 11.8 Å². The van der Waals surface area contributed by atoms with Gasteiger partial charge in [-0.2, -0.15) is 0 Å². The summed E-state index contributed by atoms with van der Waals surface area (Å²) >= 11 is 6.38. The van der Waals surface area contributed by atoms with Gasteiger partial charge in [-0.05, 0) is 36.0 Å². The summed E-state index contributed by atoms with van der Waals surface area (Å²) in [5.74, 6) is 0.847. The quantitative estimate of drug-likeness (QED) is 0.816. The molecule has 0 amide bonds. The Balaban J connectivity index is 2.01. The fourth-order valence-corrected chi connectivity index (χ4v) is 2.63. The minimum atomic E-state index is -0.418. The Morgan fingerprint density at radius 3 is 3.00 bits per heavy atom. The van der Waals surface area contributed by atoms with Crippen molar-refractivity contribution in [1.82, 2.24) is 4.98 Å². The fourth-order valence-electron chi connectivity index (χ4n) is 2.14. The molecular weight excluding hydrogens is 226 g/mol. The Hall–Kier alpha value is -1.22. The van der Waals surface area contributed by atoms with Gasteiger partial charge in [0.05, 0.1) is 10.9 Å². The van der Waals surface area contributed by atoms with Crippen molar-refractivity contribution >= 4 is 22.7 Å². The van der Waals surface area contributed by atoms with Crippen LogP contribution in [0.3, 0.4) is 0 Å². The van der Waals surface area contributed by atoms with E-state index < -0.39 is 5.76 Å². The molecule has 0 aliphatic heterocycles. The summed E-state index contributed by atoms with van der Waals surface area (Å²) in [5, 5.41) is 0.0274. The van der Waals surface area contributed by atoms with E-state index in [0.29, 0.717) is 17.4 Å². The van der Waals surface area contributed by atoms with Crippen molar-refractivity contribution in [2.75, 3.05) is 0 Å². The van der Waals surface area contributed by atoms with E-state index in [-0.39, 0.29) is 5.38 Å². The third-order valence-corrected chi connectivity index (χ3v) is 3.89. The molecular formula is C12H12ClNO2. The number of aromatic nitrogens is 1. The molecule has 3 rings (SSSR count). The molecule has 3 atom stereocenters. The van der Waals surface area contributed by atoms with Crippen LogP contribution in [0.1, 0.15) is 24.3 Å². The van der Waals surface area contributed by atoms with E-state index in [1.165, 1.54) is 6.42 Å². The van der Waals surface area contributed by atoms with Crippen molar-refractivity contribution in [3.05, 3.63) is 34.3 Å². The standard InChI is InChI=1S/C12H12ClNO2/c1-6-4-8(6)11(13)7-2-3-9-10(5-7)16-12(15)14-9/h2-3,5-6,8,11H,4H2,1H3,(H,14,15). The van der Waals surface area contributed by atoms with Crippen LogP contribution in [0.2, 0.25) is 0 Å². The number of alkyl halides is 1. The van der Waals surface area contributed by atoms with Gasteiger partial charge >= 0.3 is 5.76 Å². The lowest BCUT2D eigenvalue weighted by Crippen LogP contribution is -1.93. The van der Waals surface area contributed by atoms with E-state index in [2.05, 4.69) is 11.9 Å². The van der Waals surface area contributed by atoms with Gasteiger partial charge in [-0.15, -0.1) is 11.6 Å². The lowest BCUT2D eigenvalue weighted by atomic mass is 10.1. The molecule has 1 heterocycles. The zero-order valence-corrected chi connectivity index (χ0v) is 9.62. The molecule has 0 spiro atoms. The highest BCUT2D eigenvalue weighted by atomic mass is 35.5. The summed E-state index contributed by atoms with van der Waals surface area (Å²) in [6.45, 7) is 2.20. The number of benzene rings is 1. The molecule has 0 saturated heterocycles. The molecule has 4 heteroatoms. The molecule has 1 N–H and O–H groups in total. The number of H-pyrrole nitrogens is 1. The van der Waals surface area contributed by atoms with Crippen LogP contribution in [0.25, 0.3) is 11.1 Å². The van der Waals surface area contributed by atoms with Gasteiger partial charge in [-0.3, -0.25) is 4.98 Å². The summed E-state index contributed by atoms with van der Waals surface area (Å²) in [4.78, 5) is 13.6. The molecule has 1 aliphatic rings. The Morgan fingerprint density at radius 1 is 1.56 bits per heavy atom. The highest BCUT2D eigenvalue weighted by molar-refractivity contribution is 6.21. The van der Waals surface area contributed by atoms with Crippen molar-refractivity contribution in [1.29, 1.82) is 0 Å². The van der Waals surface area contributed by atoms with E-state index in [9.17, 15) is 4.79 Å². The highest BCUT2D eigenvalue weighted by Crippen LogP contribution is 2.50. The van der Waals surface area contributed by atoms with Crippen LogP contribution in [-0.4, -0.2) is 4.98 Å². The monoisotopic (exact) mass is 237 g/mol. The highest BCUT2D eigenvalue weighted by Gasteiger charge is 2.39. The molecule has 84 valence electrons. The van der Waals surface area contributed by atoms with Crippen molar-refractivity contribution in [2.24, 2.45) is 11.8 Å². The average molecular weight is 238 g/mol. The maximum Gasteiger partial charge on any atom is 0.417 e. The number of halogens is 1. The molecule has 0 bridgehead atoms. The van der Waals surface area contributed by atoms with Crippen LogP contribution in [0.4, 0.5) is 0 Å². The Morgan fingerprint density at radius 2 is 2.31 bits per heavy atom. The van der Waals surface area contributed by atoms with Gasteiger partial charge in [0.1, 0.15) is 0 Å². The van der Waals surface area contributed by atoms with E-state index in [4.69, 9.17) is 16.0 Å². The van der Waals surface area contributed by atoms with Crippen LogP contribution < -0.4 is 5.76 Å². The van der Waals surface area contributed by atoms with Crippen molar-refractivity contribution in [3.63, 3.8) is 0 Å². The third-order valence-electron chi connectivity index (χ3n) is 3.31. The molecule has 1 aliphatic carbocycles. The molecule has 3 unspecified atom stereocenters. The summed E-state index contributed by atoms with van der Waals surface area (Å²) in [7, 11) is 0. The first-order valence-electron chi connectivity index (χ1n) is 5.42. The van der Waals surface area contributed by atoms with E-state index >= 15 is 0 Å². The second kappa shape index (κ2) is 3.39. The Kier molecular flexibility index (Phi) is 2.11. The Bertz CT molecular complexity index is 586. The van der Waals surface area contributed by atoms with Crippen molar-refractivity contribution in [3.8, 4) is 0 Å². The summed E-state index contributed by atoms with van der Waals surface area (Å²) < 4.78 is 5.02. The molecule has 1 saturated carbocycles. The van der Waals surface area contributed by atoms with Crippen LogP contribution >= 0.6 is 11.6 Å². The first-order valence-corrected chi connectivity index (χ1v) is 5.85. The largest absolute Gasteiger partial charge is 0.417 e. The molecule has 1 aromatic heterocycles. The fraction of sp³-hybridized carbons (Fsp3) is 0.417. The molecule has 2 aromatic rings. The van der Waals surface area contributed by atoms with Gasteiger partial charge < -0.3 is 4.42 Å². The number of aromatic amines is 1. The number of rotatable bonds is 2. The lowest BCUT2D eigenvalue weighted by molar-refractivity contribution is 0.554. The normalized spacial score (nSPS) is 25.9. The minimum Gasteiger partial charge on any atom is -0.408 e.